The Bertz CT molecular complexity index is 1190. The molecule has 33 heavy (non-hydrogen) atoms. The molecule has 2 saturated heterocycles. The van der Waals surface area contributed by atoms with Gasteiger partial charge in [-0.15, -0.1) is 0 Å². The molecule has 0 aliphatic carbocycles. The molecule has 2 atom stereocenters. The van der Waals surface area contributed by atoms with Gasteiger partial charge in [-0.3, -0.25) is 10.1 Å². The van der Waals surface area contributed by atoms with Gasteiger partial charge in [-0.25, -0.2) is 16.8 Å². The Hall–Kier alpha value is -2.34. The van der Waals surface area contributed by atoms with E-state index in [4.69, 9.17) is 0 Å². The molecule has 0 spiro atoms. The van der Waals surface area contributed by atoms with Crippen LogP contribution in [-0.4, -0.2) is 62.1 Å². The topological polar surface area (TPSA) is 118 Å². The van der Waals surface area contributed by atoms with Crippen molar-refractivity contribution in [2.45, 2.75) is 42.0 Å². The van der Waals surface area contributed by atoms with Gasteiger partial charge < -0.3 is 0 Å². The van der Waals surface area contributed by atoms with Crippen molar-refractivity contribution in [3.05, 3.63) is 69.8 Å². The molecule has 2 aliphatic heterocycles. The van der Waals surface area contributed by atoms with E-state index < -0.39 is 30.5 Å². The largest absolute Gasteiger partial charge is 0.264 e. The highest BCUT2D eigenvalue weighted by Crippen LogP contribution is 2.38. The summed E-state index contributed by atoms with van der Waals surface area (Å²) in [6.07, 6.45) is 0.487. The predicted octanol–water partition coefficient (Wildman–Crippen LogP) is 2.42. The number of nitrogens with zero attached hydrogens (tertiary/aromatic N) is 3. The number of benzene rings is 2. The van der Waals surface area contributed by atoms with E-state index in [1.54, 1.807) is 24.3 Å². The molecule has 2 aliphatic rings. The molecule has 2 aromatic rings. The van der Waals surface area contributed by atoms with Gasteiger partial charge in [0.05, 0.1) is 22.9 Å². The lowest BCUT2D eigenvalue weighted by Crippen LogP contribution is -2.60. The van der Waals surface area contributed by atoms with Crippen LogP contribution in [0.4, 0.5) is 0 Å². The molecule has 9 nitrogen and oxygen atoms in total. The molecule has 11 heteroatoms. The molecule has 0 amide bonds. The van der Waals surface area contributed by atoms with Crippen LogP contribution in [0.5, 0.6) is 0 Å². The van der Waals surface area contributed by atoms with Gasteiger partial charge in [0.1, 0.15) is 0 Å². The first-order valence-corrected chi connectivity index (χ1v) is 13.6. The summed E-state index contributed by atoms with van der Waals surface area (Å²) in [5, 5.41) is 12.3. The summed E-state index contributed by atoms with van der Waals surface area (Å²) >= 11 is 0. The maximum absolute atomic E-state index is 13.3. The van der Waals surface area contributed by atoms with Gasteiger partial charge in [-0.1, -0.05) is 35.4 Å². The number of hydrogen-bond donors (Lipinski definition) is 0. The molecule has 0 aromatic heterocycles. The number of rotatable bonds is 5. The summed E-state index contributed by atoms with van der Waals surface area (Å²) in [6, 6.07) is 12.7. The highest BCUT2D eigenvalue weighted by Gasteiger charge is 2.56. The summed E-state index contributed by atoms with van der Waals surface area (Å²) in [7, 11) is -7.92. The van der Waals surface area contributed by atoms with Crippen LogP contribution in [0.1, 0.15) is 24.0 Å². The van der Waals surface area contributed by atoms with Crippen molar-refractivity contribution in [3.8, 4) is 0 Å². The van der Waals surface area contributed by atoms with Crippen LogP contribution in [0.15, 0.2) is 58.3 Å². The van der Waals surface area contributed by atoms with Crippen LogP contribution in [-0.2, 0) is 20.0 Å². The van der Waals surface area contributed by atoms with Crippen molar-refractivity contribution in [2.24, 2.45) is 5.92 Å². The van der Waals surface area contributed by atoms with Gasteiger partial charge in [0, 0.05) is 24.4 Å². The molecule has 4 rings (SSSR count). The molecule has 2 aromatic carbocycles. The first-order chi connectivity index (χ1) is 15.4. The highest BCUT2D eigenvalue weighted by atomic mass is 32.2. The summed E-state index contributed by atoms with van der Waals surface area (Å²) in [6.45, 7) is 3.19. The number of hydrogen-bond acceptors (Lipinski definition) is 6. The Kier molecular flexibility index (Phi) is 6.10. The smallest absolute Gasteiger partial charge is 0.249 e. The zero-order valence-corrected chi connectivity index (χ0v) is 20.2. The first-order valence-electron chi connectivity index (χ1n) is 10.7. The van der Waals surface area contributed by atoms with Crippen molar-refractivity contribution in [2.75, 3.05) is 26.2 Å². The molecular weight excluding hydrogens is 466 g/mol. The molecule has 2 heterocycles. The summed E-state index contributed by atoms with van der Waals surface area (Å²) in [4.78, 5) is 12.0. The molecular formula is C22H27N3O6S2. The van der Waals surface area contributed by atoms with E-state index in [0.29, 0.717) is 6.42 Å². The SMILES string of the molecule is Cc1ccc(S(=O)(=O)N2CC[C@H]3CN(S(=O)(=O)c4ccc(C)cc4)C[C@@]([N+](=O)[O-])(C3)C2)cc1. The quantitative estimate of drug-likeness (QED) is 0.466. The number of aryl methyl sites for hydroxylation is 2. The Morgan fingerprint density at radius 1 is 0.848 bits per heavy atom. The Morgan fingerprint density at radius 2 is 1.30 bits per heavy atom. The zero-order valence-electron chi connectivity index (χ0n) is 18.5. The normalized spacial score (nSPS) is 24.8. The average molecular weight is 494 g/mol. The van der Waals surface area contributed by atoms with Gasteiger partial charge in [-0.05, 0) is 50.5 Å². The van der Waals surface area contributed by atoms with E-state index >= 15 is 0 Å². The van der Waals surface area contributed by atoms with Crippen molar-refractivity contribution in [1.29, 1.82) is 0 Å². The van der Waals surface area contributed by atoms with Crippen LogP contribution in [0.3, 0.4) is 0 Å². The fourth-order valence-corrected chi connectivity index (χ4v) is 7.82. The fraction of sp³-hybridized carbons (Fsp3) is 0.455. The maximum Gasteiger partial charge on any atom is 0.249 e. The van der Waals surface area contributed by atoms with Crippen molar-refractivity contribution in [3.63, 3.8) is 0 Å². The van der Waals surface area contributed by atoms with Crippen molar-refractivity contribution in [1.82, 2.24) is 8.61 Å². The number of fused-ring (bicyclic) bond motifs is 2. The van der Waals surface area contributed by atoms with Crippen molar-refractivity contribution < 1.29 is 21.8 Å². The molecule has 0 N–H and O–H groups in total. The minimum absolute atomic E-state index is 0.0761. The van der Waals surface area contributed by atoms with E-state index in [0.717, 1.165) is 19.7 Å². The Labute approximate surface area is 194 Å². The number of sulfonamides is 2. The second-order valence-electron chi connectivity index (χ2n) is 9.10. The lowest BCUT2D eigenvalue weighted by Gasteiger charge is -2.38. The van der Waals surface area contributed by atoms with Crippen LogP contribution >= 0.6 is 0 Å². The van der Waals surface area contributed by atoms with E-state index in [1.165, 1.54) is 24.3 Å². The van der Waals surface area contributed by atoms with E-state index in [1.807, 2.05) is 13.8 Å². The maximum atomic E-state index is 13.3. The first kappa shape index (κ1) is 23.8. The molecule has 2 fully saturated rings. The lowest BCUT2D eigenvalue weighted by atomic mass is 9.84. The van der Waals surface area contributed by atoms with Gasteiger partial charge in [0.25, 0.3) is 0 Å². The molecule has 2 bridgehead atoms. The molecule has 0 unspecified atom stereocenters. The zero-order chi connectivity index (χ0) is 24.0. The molecule has 0 radical (unpaired) electrons. The second kappa shape index (κ2) is 8.46. The van der Waals surface area contributed by atoms with Gasteiger partial charge in [0.15, 0.2) is 0 Å². The lowest BCUT2D eigenvalue weighted by molar-refractivity contribution is -0.573. The summed E-state index contributed by atoms with van der Waals surface area (Å²) < 4.78 is 55.6. The number of piperidine rings is 1. The summed E-state index contributed by atoms with van der Waals surface area (Å²) in [5.41, 5.74) is 0.0916. The minimum Gasteiger partial charge on any atom is -0.264 e. The van der Waals surface area contributed by atoms with Crippen LogP contribution < -0.4 is 0 Å². The van der Waals surface area contributed by atoms with Gasteiger partial charge in [-0.2, -0.15) is 8.61 Å². The van der Waals surface area contributed by atoms with Crippen molar-refractivity contribution >= 4 is 20.0 Å². The molecule has 178 valence electrons. The monoisotopic (exact) mass is 493 g/mol. The van der Waals surface area contributed by atoms with Gasteiger partial charge >= 0.3 is 0 Å². The van der Waals surface area contributed by atoms with Crippen LogP contribution in [0.25, 0.3) is 0 Å². The minimum atomic E-state index is -3.96. The van der Waals surface area contributed by atoms with E-state index in [-0.39, 0.29) is 48.3 Å². The fourth-order valence-electron chi connectivity index (χ4n) is 4.69. The highest BCUT2D eigenvalue weighted by molar-refractivity contribution is 7.89. The number of nitro groups is 1. The predicted molar refractivity (Wildman–Crippen MR) is 122 cm³/mol. The third kappa shape index (κ3) is 4.42. The third-order valence-corrected chi connectivity index (χ3v) is 10.2. The van der Waals surface area contributed by atoms with Crippen LogP contribution in [0, 0.1) is 29.9 Å². The third-order valence-electron chi connectivity index (χ3n) is 6.56. The Morgan fingerprint density at radius 3 is 1.79 bits per heavy atom. The second-order valence-corrected chi connectivity index (χ2v) is 13.0. The average Bonchev–Trinajstić information content (AvgIpc) is 2.90. The van der Waals surface area contributed by atoms with E-state index in [2.05, 4.69) is 0 Å². The summed E-state index contributed by atoms with van der Waals surface area (Å²) in [5.74, 6) is -0.317. The standard InChI is InChI=1S/C22H27N3O6S2/c1-17-3-7-20(8-4-17)32(28,29)23-12-11-19-13-22(15-23,25(26)27)16-24(14-19)33(30,31)21-9-5-18(2)6-10-21/h3-10,19H,11-16H2,1-2H3/t19-,22-/m1/s1. The van der Waals surface area contributed by atoms with Gasteiger partial charge in [0.2, 0.25) is 25.6 Å². The van der Waals surface area contributed by atoms with Crippen LogP contribution in [0.2, 0.25) is 0 Å². The Balaban J connectivity index is 1.69. The van der Waals surface area contributed by atoms with E-state index in [9.17, 15) is 26.9 Å². The molecule has 0 saturated carbocycles.